The molecule has 0 amide bonds. The summed E-state index contributed by atoms with van der Waals surface area (Å²) in [5.41, 5.74) is 0.864. The lowest BCUT2D eigenvalue weighted by molar-refractivity contribution is 0.0177. The van der Waals surface area contributed by atoms with E-state index in [-0.39, 0.29) is 0 Å². The molecule has 108 valence electrons. The van der Waals surface area contributed by atoms with E-state index in [1.807, 2.05) is 17.0 Å². The number of piperidine rings is 1. The van der Waals surface area contributed by atoms with Crippen molar-refractivity contribution in [3.63, 3.8) is 0 Å². The zero-order valence-corrected chi connectivity index (χ0v) is 12.0. The number of anilines is 1. The van der Waals surface area contributed by atoms with Crippen LogP contribution >= 0.6 is 11.6 Å². The van der Waals surface area contributed by atoms with Gasteiger partial charge in [-0.2, -0.15) is 20.7 Å². The first kappa shape index (κ1) is 13.9. The van der Waals surface area contributed by atoms with Crippen LogP contribution < -0.4 is 4.90 Å². The van der Waals surface area contributed by atoms with Gasteiger partial charge in [0.2, 0.25) is 0 Å². The van der Waals surface area contributed by atoms with Crippen molar-refractivity contribution >= 4 is 17.3 Å². The fourth-order valence-corrected chi connectivity index (χ4v) is 2.90. The summed E-state index contributed by atoms with van der Waals surface area (Å²) in [4.78, 5) is 2.05. The van der Waals surface area contributed by atoms with Crippen LogP contribution in [0.4, 0.5) is 5.69 Å². The van der Waals surface area contributed by atoms with Crippen molar-refractivity contribution in [3.8, 4) is 6.07 Å². The Labute approximate surface area is 127 Å². The molecule has 21 heavy (non-hydrogen) atoms. The van der Waals surface area contributed by atoms with Gasteiger partial charge in [-0.25, -0.2) is 0 Å². The average Bonchev–Trinajstić information content (AvgIpc) is 3.02. The maximum absolute atomic E-state index is 10.8. The summed E-state index contributed by atoms with van der Waals surface area (Å²) in [6, 6.07) is 7.34. The number of benzene rings is 1. The van der Waals surface area contributed by atoms with Gasteiger partial charge in [-0.3, -0.25) is 0 Å². The summed E-state index contributed by atoms with van der Waals surface area (Å²) in [6.45, 7) is 1.24. The average molecular weight is 304 g/mol. The van der Waals surface area contributed by atoms with E-state index >= 15 is 0 Å². The molecule has 0 spiro atoms. The maximum Gasteiger partial charge on any atom is 0.127 e. The van der Waals surface area contributed by atoms with Crippen LogP contribution in [-0.2, 0) is 5.60 Å². The third kappa shape index (κ3) is 2.58. The zero-order chi connectivity index (χ0) is 14.9. The number of H-pyrrole nitrogens is 1. The van der Waals surface area contributed by atoms with Crippen molar-refractivity contribution in [2.75, 3.05) is 18.0 Å². The van der Waals surface area contributed by atoms with Crippen molar-refractivity contribution in [1.29, 1.82) is 5.26 Å². The molecule has 1 fully saturated rings. The van der Waals surface area contributed by atoms with Gasteiger partial charge in [-0.1, -0.05) is 11.6 Å². The molecular weight excluding hydrogens is 290 g/mol. The summed E-state index contributed by atoms with van der Waals surface area (Å²) in [5, 5.41) is 30.4. The van der Waals surface area contributed by atoms with Crippen LogP contribution in [-0.4, -0.2) is 33.6 Å². The Morgan fingerprint density at radius 1 is 1.48 bits per heavy atom. The second kappa shape index (κ2) is 5.35. The highest BCUT2D eigenvalue weighted by molar-refractivity contribution is 6.32. The zero-order valence-electron chi connectivity index (χ0n) is 11.3. The molecule has 7 heteroatoms. The molecule has 1 aliphatic rings. The molecule has 0 aliphatic carbocycles. The van der Waals surface area contributed by atoms with Crippen LogP contribution in [0.2, 0.25) is 5.02 Å². The van der Waals surface area contributed by atoms with Gasteiger partial charge in [0.05, 0.1) is 23.3 Å². The van der Waals surface area contributed by atoms with Gasteiger partial charge in [0.1, 0.15) is 17.4 Å². The van der Waals surface area contributed by atoms with Crippen LogP contribution in [0.5, 0.6) is 0 Å². The highest BCUT2D eigenvalue weighted by Gasteiger charge is 2.37. The lowest BCUT2D eigenvalue weighted by Crippen LogP contribution is -2.46. The summed E-state index contributed by atoms with van der Waals surface area (Å²) in [5.74, 6) is 0. The topological polar surface area (TPSA) is 88.8 Å². The second-order valence-corrected chi connectivity index (χ2v) is 5.60. The number of halogens is 1. The Morgan fingerprint density at radius 2 is 2.33 bits per heavy atom. The van der Waals surface area contributed by atoms with Crippen molar-refractivity contribution in [3.05, 3.63) is 40.7 Å². The van der Waals surface area contributed by atoms with Gasteiger partial charge >= 0.3 is 0 Å². The molecule has 0 radical (unpaired) electrons. The van der Waals surface area contributed by atoms with E-state index in [1.165, 1.54) is 0 Å². The van der Waals surface area contributed by atoms with Crippen LogP contribution in [0.3, 0.4) is 0 Å². The molecule has 1 atom stereocenters. The van der Waals surface area contributed by atoms with Crippen molar-refractivity contribution < 1.29 is 5.11 Å². The number of nitrogens with one attached hydrogen (secondary N) is 1. The van der Waals surface area contributed by atoms with Gasteiger partial charge in [-0.15, -0.1) is 0 Å². The van der Waals surface area contributed by atoms with E-state index in [1.54, 1.807) is 18.3 Å². The SMILES string of the molecule is N#Cc1ccc(N2CCCC(O)(c3cn[nH]n3)C2)cc1Cl. The standard InChI is InChI=1S/C14H14ClN5O/c15-12-6-11(3-2-10(12)7-16)20-5-1-4-14(21,9-20)13-8-17-19-18-13/h2-3,6,8,21H,1,4-5,9H2,(H,17,18,19). The number of aliphatic hydroxyl groups is 1. The van der Waals surface area contributed by atoms with Crippen molar-refractivity contribution in [2.45, 2.75) is 18.4 Å². The highest BCUT2D eigenvalue weighted by Crippen LogP contribution is 2.33. The third-order valence-electron chi connectivity index (χ3n) is 3.80. The molecule has 0 bridgehead atoms. The maximum atomic E-state index is 10.8. The van der Waals surface area contributed by atoms with Gasteiger partial charge in [-0.05, 0) is 31.0 Å². The molecule has 1 aliphatic heterocycles. The minimum atomic E-state index is -1.02. The molecule has 1 saturated heterocycles. The van der Waals surface area contributed by atoms with E-state index in [9.17, 15) is 5.11 Å². The summed E-state index contributed by atoms with van der Waals surface area (Å²) in [6.07, 6.45) is 3.02. The number of hydrogen-bond donors (Lipinski definition) is 2. The van der Waals surface area contributed by atoms with E-state index in [4.69, 9.17) is 16.9 Å². The fraction of sp³-hybridized carbons (Fsp3) is 0.357. The number of hydrogen-bond acceptors (Lipinski definition) is 5. The van der Waals surface area contributed by atoms with E-state index < -0.39 is 5.60 Å². The minimum Gasteiger partial charge on any atom is -0.382 e. The van der Waals surface area contributed by atoms with Gasteiger partial charge in [0.25, 0.3) is 0 Å². The number of rotatable bonds is 2. The monoisotopic (exact) mass is 303 g/mol. The van der Waals surface area contributed by atoms with E-state index in [0.29, 0.717) is 29.2 Å². The largest absolute Gasteiger partial charge is 0.382 e. The van der Waals surface area contributed by atoms with E-state index in [2.05, 4.69) is 15.4 Å². The molecule has 1 aromatic heterocycles. The predicted octanol–water partition coefficient (Wildman–Crippen LogP) is 1.82. The smallest absolute Gasteiger partial charge is 0.127 e. The summed E-state index contributed by atoms with van der Waals surface area (Å²) >= 11 is 6.08. The molecule has 0 saturated carbocycles. The van der Waals surface area contributed by atoms with Crippen LogP contribution in [0, 0.1) is 11.3 Å². The summed E-state index contributed by atoms with van der Waals surface area (Å²) in [7, 11) is 0. The predicted molar refractivity (Wildman–Crippen MR) is 77.9 cm³/mol. The Balaban J connectivity index is 1.87. The van der Waals surface area contributed by atoms with Crippen LogP contribution in [0.25, 0.3) is 0 Å². The number of aromatic amines is 1. The fourth-order valence-electron chi connectivity index (χ4n) is 2.68. The van der Waals surface area contributed by atoms with Crippen molar-refractivity contribution in [2.24, 2.45) is 0 Å². The molecule has 2 aromatic rings. The van der Waals surface area contributed by atoms with Gasteiger partial charge < -0.3 is 10.0 Å². The first-order valence-electron chi connectivity index (χ1n) is 6.66. The third-order valence-corrected chi connectivity index (χ3v) is 4.11. The number of β-amino-alcohol motifs (C(OH)–C–C–N with tert-alkyl or cyclic N) is 1. The van der Waals surface area contributed by atoms with Gasteiger partial charge in [0, 0.05) is 12.2 Å². The molecular formula is C14H14ClN5O. The minimum absolute atomic E-state index is 0.418. The molecule has 1 aromatic carbocycles. The molecule has 2 heterocycles. The molecule has 6 nitrogen and oxygen atoms in total. The summed E-state index contributed by atoms with van der Waals surface area (Å²) < 4.78 is 0. The van der Waals surface area contributed by atoms with Gasteiger partial charge in [0.15, 0.2) is 0 Å². The van der Waals surface area contributed by atoms with Crippen molar-refractivity contribution in [1.82, 2.24) is 15.4 Å². The first-order valence-corrected chi connectivity index (χ1v) is 7.03. The number of nitrogens with zero attached hydrogens (tertiary/aromatic N) is 4. The Bertz CT molecular complexity index is 681. The quantitative estimate of drug-likeness (QED) is 0.883. The van der Waals surface area contributed by atoms with Crippen LogP contribution in [0.1, 0.15) is 24.1 Å². The first-order chi connectivity index (χ1) is 10.1. The molecule has 2 N–H and O–H groups in total. The molecule has 1 unspecified atom stereocenters. The number of aromatic nitrogens is 3. The Kier molecular flexibility index (Phi) is 3.53. The Hall–Kier alpha value is -2.10. The second-order valence-electron chi connectivity index (χ2n) is 5.19. The Morgan fingerprint density at radius 3 is 3.00 bits per heavy atom. The highest BCUT2D eigenvalue weighted by atomic mass is 35.5. The lowest BCUT2D eigenvalue weighted by Gasteiger charge is -2.39. The number of nitriles is 1. The van der Waals surface area contributed by atoms with E-state index in [0.717, 1.165) is 18.7 Å². The lowest BCUT2D eigenvalue weighted by atomic mass is 9.89. The van der Waals surface area contributed by atoms with Crippen LogP contribution in [0.15, 0.2) is 24.4 Å². The molecule has 3 rings (SSSR count). The normalized spacial score (nSPS) is 22.0.